The summed E-state index contributed by atoms with van der Waals surface area (Å²) < 4.78 is 4.39. The Kier molecular flexibility index (Phi) is 4.08. The maximum absolute atomic E-state index is 13.5. The number of carbonyl (C=O) groups excluding carboxylic acids is 2. The van der Waals surface area contributed by atoms with Crippen molar-refractivity contribution in [2.45, 2.75) is 70.6 Å². The largest absolute Gasteiger partial charge is 0.456 e. The van der Waals surface area contributed by atoms with E-state index in [1.54, 1.807) is 4.90 Å². The summed E-state index contributed by atoms with van der Waals surface area (Å²) in [6, 6.07) is 0. The van der Waals surface area contributed by atoms with E-state index in [0.29, 0.717) is 44.1 Å². The monoisotopic (exact) mass is 436 g/mol. The Bertz CT molecular complexity index is 1120. The molecular formula is C25H32N4O3+2. The minimum absolute atomic E-state index is 0.0340. The molecule has 1 atom stereocenters. The van der Waals surface area contributed by atoms with Gasteiger partial charge in [0.25, 0.3) is 17.8 Å². The van der Waals surface area contributed by atoms with E-state index in [0.717, 1.165) is 25.1 Å². The van der Waals surface area contributed by atoms with Crippen LogP contribution in [-0.2, 0) is 9.59 Å². The first kappa shape index (κ1) is 20.1. The zero-order valence-corrected chi connectivity index (χ0v) is 19.2. The third-order valence-corrected chi connectivity index (χ3v) is 8.21. The van der Waals surface area contributed by atoms with Gasteiger partial charge in [0, 0.05) is 31.7 Å². The molecule has 0 radical (unpaired) electrons. The summed E-state index contributed by atoms with van der Waals surface area (Å²) in [5.41, 5.74) is 2.61. The Morgan fingerprint density at radius 3 is 2.62 bits per heavy atom. The maximum atomic E-state index is 13.5. The van der Waals surface area contributed by atoms with Crippen LogP contribution < -0.4 is 0 Å². The van der Waals surface area contributed by atoms with Crippen LogP contribution in [0.15, 0.2) is 35.2 Å². The molecule has 0 aromatic rings. The van der Waals surface area contributed by atoms with E-state index < -0.39 is 11.3 Å². The van der Waals surface area contributed by atoms with Crippen molar-refractivity contribution in [2.75, 3.05) is 19.6 Å². The Balaban J connectivity index is 1.46. The second-order valence-electron chi connectivity index (χ2n) is 10.6. The van der Waals surface area contributed by atoms with Gasteiger partial charge in [-0.3, -0.25) is 14.5 Å². The van der Waals surface area contributed by atoms with Crippen LogP contribution in [0.25, 0.3) is 0 Å². The molecule has 0 aromatic heterocycles. The molecule has 1 N–H and O–H groups in total. The Morgan fingerprint density at radius 2 is 2.00 bits per heavy atom. The molecule has 0 spiro atoms. The van der Waals surface area contributed by atoms with Crippen LogP contribution in [0.4, 0.5) is 0 Å². The van der Waals surface area contributed by atoms with Crippen molar-refractivity contribution in [2.24, 2.45) is 5.92 Å². The summed E-state index contributed by atoms with van der Waals surface area (Å²) in [5, 5.41) is 10.7. The molecule has 4 aliphatic heterocycles. The summed E-state index contributed by atoms with van der Waals surface area (Å²) in [6.45, 7) is 7.82. The molecule has 0 aromatic carbocycles. The van der Waals surface area contributed by atoms with Crippen LogP contribution in [0.1, 0.15) is 59.3 Å². The van der Waals surface area contributed by atoms with Crippen molar-refractivity contribution in [1.82, 2.24) is 9.80 Å². The van der Waals surface area contributed by atoms with Crippen molar-refractivity contribution in [3.63, 3.8) is 0 Å². The number of hydrogen-bond donors (Lipinski definition) is 1. The van der Waals surface area contributed by atoms with Crippen LogP contribution in [0, 0.1) is 5.92 Å². The highest BCUT2D eigenvalue weighted by molar-refractivity contribution is 6.17. The van der Waals surface area contributed by atoms with Crippen LogP contribution in [0.3, 0.4) is 0 Å². The smallest absolute Gasteiger partial charge is 0.380 e. The SMILES string of the molecule is CC(C)C1=CC(C2=CCCC2)=[N+]2C=C3C(=O)N4CCN(C(=O)C5(O)CCC5)CC4(C)[N+]3=C12. The fraction of sp³-hybridized carbons (Fsp3) is 0.600. The van der Waals surface area contributed by atoms with E-state index in [9.17, 15) is 14.7 Å². The molecule has 6 rings (SSSR count). The van der Waals surface area contributed by atoms with Crippen molar-refractivity contribution in [3.05, 3.63) is 35.2 Å². The number of rotatable bonds is 3. The predicted molar refractivity (Wildman–Crippen MR) is 119 cm³/mol. The minimum atomic E-state index is -1.21. The molecule has 1 unspecified atom stereocenters. The summed E-state index contributed by atoms with van der Waals surface area (Å²) in [4.78, 5) is 30.3. The first-order valence-electron chi connectivity index (χ1n) is 12.0. The molecule has 7 nitrogen and oxygen atoms in total. The van der Waals surface area contributed by atoms with E-state index in [2.05, 4.69) is 42.1 Å². The molecule has 0 bridgehead atoms. The van der Waals surface area contributed by atoms with Crippen LogP contribution >= 0.6 is 0 Å². The zero-order valence-electron chi connectivity index (χ0n) is 19.2. The van der Waals surface area contributed by atoms with E-state index in [4.69, 9.17) is 0 Å². The number of fused-ring (bicyclic) bond motifs is 4. The van der Waals surface area contributed by atoms with Gasteiger partial charge in [-0.1, -0.05) is 29.1 Å². The lowest BCUT2D eigenvalue weighted by Gasteiger charge is -2.44. The van der Waals surface area contributed by atoms with Gasteiger partial charge in [0.15, 0.2) is 0 Å². The van der Waals surface area contributed by atoms with E-state index in [1.807, 2.05) is 11.1 Å². The Labute approximate surface area is 188 Å². The van der Waals surface area contributed by atoms with Crippen molar-refractivity contribution < 1.29 is 23.8 Å². The van der Waals surface area contributed by atoms with Crippen LogP contribution in [0.2, 0.25) is 0 Å². The Morgan fingerprint density at radius 1 is 1.22 bits per heavy atom. The topological polar surface area (TPSA) is 66.9 Å². The van der Waals surface area contributed by atoms with Gasteiger partial charge in [-0.05, 0) is 44.4 Å². The Hall–Kier alpha value is -2.54. The molecular weight excluding hydrogens is 404 g/mol. The molecule has 32 heavy (non-hydrogen) atoms. The fourth-order valence-corrected chi connectivity index (χ4v) is 6.24. The number of aliphatic hydroxyl groups is 1. The summed E-state index contributed by atoms with van der Waals surface area (Å²) in [7, 11) is 0. The van der Waals surface area contributed by atoms with Gasteiger partial charge in [-0.25, -0.2) is 0 Å². The van der Waals surface area contributed by atoms with E-state index >= 15 is 0 Å². The molecule has 2 amide bonds. The van der Waals surface area contributed by atoms with Gasteiger partial charge in [-0.2, -0.15) is 0 Å². The number of piperazine rings is 1. The van der Waals surface area contributed by atoms with Crippen molar-refractivity contribution in [3.8, 4) is 0 Å². The third kappa shape index (κ3) is 2.46. The number of hydrogen-bond acceptors (Lipinski definition) is 3. The summed E-state index contributed by atoms with van der Waals surface area (Å²) >= 11 is 0. The van der Waals surface area contributed by atoms with Gasteiger partial charge in [-0.15, -0.1) is 0 Å². The van der Waals surface area contributed by atoms with Crippen LogP contribution in [0.5, 0.6) is 0 Å². The number of amidine groups is 1. The molecule has 4 heterocycles. The maximum Gasteiger partial charge on any atom is 0.456 e. The molecule has 1 saturated carbocycles. The number of amides is 2. The lowest BCUT2D eigenvalue weighted by molar-refractivity contribution is -0.580. The predicted octanol–water partition coefficient (Wildman–Crippen LogP) is 1.73. The van der Waals surface area contributed by atoms with Crippen LogP contribution in [-0.4, -0.2) is 78.3 Å². The number of nitrogens with zero attached hydrogens (tertiary/aromatic N) is 4. The standard InChI is InChI=1S/C25H32N4O3/c1-16(2)18-13-19(17-7-4-5-8-17)27-14-20-22(30)28-12-11-26(23(31)25(32)9-6-10-25)15-24(28,3)29(20)21(18)27/h7,13-14,16,32H,4-6,8-12,15H2,1-3H3/q+2. The van der Waals surface area contributed by atoms with Gasteiger partial charge < -0.3 is 10.0 Å². The first-order chi connectivity index (χ1) is 15.2. The molecule has 2 saturated heterocycles. The number of carbonyl (C=O) groups is 2. The zero-order chi connectivity index (χ0) is 22.4. The lowest BCUT2D eigenvalue weighted by Crippen LogP contribution is -2.66. The average molecular weight is 437 g/mol. The highest BCUT2D eigenvalue weighted by Crippen LogP contribution is 2.41. The van der Waals surface area contributed by atoms with Gasteiger partial charge in [0.1, 0.15) is 17.7 Å². The minimum Gasteiger partial charge on any atom is -0.380 e. The van der Waals surface area contributed by atoms with Crippen molar-refractivity contribution >= 4 is 23.4 Å². The molecule has 6 aliphatic rings. The fourth-order valence-electron chi connectivity index (χ4n) is 6.24. The second kappa shape index (κ2) is 6.50. The average Bonchev–Trinajstić information content (AvgIpc) is 3.48. The quantitative estimate of drug-likeness (QED) is 0.686. The first-order valence-corrected chi connectivity index (χ1v) is 12.0. The van der Waals surface area contributed by atoms with E-state index in [1.165, 1.54) is 23.3 Å². The molecule has 2 aliphatic carbocycles. The van der Waals surface area contributed by atoms with Gasteiger partial charge >= 0.3 is 17.4 Å². The lowest BCUT2D eigenvalue weighted by atomic mass is 9.79. The highest BCUT2D eigenvalue weighted by atomic mass is 16.3. The molecule has 7 heteroatoms. The normalized spacial score (nSPS) is 30.4. The van der Waals surface area contributed by atoms with Crippen molar-refractivity contribution in [1.29, 1.82) is 0 Å². The summed E-state index contributed by atoms with van der Waals surface area (Å²) in [5.74, 6) is 1.23. The third-order valence-electron chi connectivity index (χ3n) is 8.21. The molecule has 3 fully saturated rings. The van der Waals surface area contributed by atoms with E-state index in [-0.39, 0.29) is 11.8 Å². The van der Waals surface area contributed by atoms with Gasteiger partial charge in [0.05, 0.1) is 0 Å². The highest BCUT2D eigenvalue weighted by Gasteiger charge is 2.68. The number of allylic oxidation sites excluding steroid dienone is 3. The second-order valence-corrected chi connectivity index (χ2v) is 10.6. The summed E-state index contributed by atoms with van der Waals surface area (Å²) in [6.07, 6.45) is 11.9. The molecule has 168 valence electrons. The van der Waals surface area contributed by atoms with Gasteiger partial charge in [0.2, 0.25) is 5.71 Å².